The van der Waals surface area contributed by atoms with Gasteiger partial charge in [-0.2, -0.15) is 0 Å². The van der Waals surface area contributed by atoms with E-state index in [1.54, 1.807) is 4.90 Å². The first-order valence-electron chi connectivity index (χ1n) is 6.57. The standard InChI is InChI=1S/C15H17FN2O2/c16-12-6-5-11(3-1-7-17)14(9-12)15(20)18-8-2-4-13(18)10-19/h5-6,9,13,19H,2,4,7-8,10,17H2. The van der Waals surface area contributed by atoms with Crippen LogP contribution in [0.25, 0.3) is 0 Å². The van der Waals surface area contributed by atoms with Crippen LogP contribution >= 0.6 is 0 Å². The van der Waals surface area contributed by atoms with Crippen molar-refractivity contribution in [3.63, 3.8) is 0 Å². The van der Waals surface area contributed by atoms with Crippen LogP contribution in [0.5, 0.6) is 0 Å². The van der Waals surface area contributed by atoms with E-state index in [0.29, 0.717) is 12.1 Å². The molecule has 0 spiro atoms. The van der Waals surface area contributed by atoms with E-state index in [1.165, 1.54) is 18.2 Å². The molecule has 1 aliphatic rings. The number of amides is 1. The highest BCUT2D eigenvalue weighted by molar-refractivity contribution is 5.97. The Bertz CT molecular complexity index is 563. The Labute approximate surface area is 117 Å². The monoisotopic (exact) mass is 276 g/mol. The van der Waals surface area contributed by atoms with Crippen LogP contribution in [-0.4, -0.2) is 41.7 Å². The third-order valence-corrected chi connectivity index (χ3v) is 3.39. The average Bonchev–Trinajstić information content (AvgIpc) is 2.93. The van der Waals surface area contributed by atoms with Crippen LogP contribution in [0.2, 0.25) is 0 Å². The number of carbonyl (C=O) groups excluding carboxylic acids is 1. The third-order valence-electron chi connectivity index (χ3n) is 3.39. The van der Waals surface area contributed by atoms with Crippen LogP contribution < -0.4 is 5.73 Å². The second kappa shape index (κ2) is 6.51. The van der Waals surface area contributed by atoms with Gasteiger partial charge in [0.05, 0.1) is 24.8 Å². The molecule has 0 saturated carbocycles. The second-order valence-corrected chi connectivity index (χ2v) is 4.67. The quantitative estimate of drug-likeness (QED) is 0.783. The number of hydrogen-bond donors (Lipinski definition) is 2. The summed E-state index contributed by atoms with van der Waals surface area (Å²) in [6, 6.07) is 3.75. The van der Waals surface area contributed by atoms with E-state index >= 15 is 0 Å². The molecule has 106 valence electrons. The van der Waals surface area contributed by atoms with E-state index in [-0.39, 0.29) is 30.7 Å². The lowest BCUT2D eigenvalue weighted by Crippen LogP contribution is -2.38. The van der Waals surface area contributed by atoms with Crippen LogP contribution in [0.15, 0.2) is 18.2 Å². The lowest BCUT2D eigenvalue weighted by atomic mass is 10.1. The molecule has 20 heavy (non-hydrogen) atoms. The predicted molar refractivity (Wildman–Crippen MR) is 73.5 cm³/mol. The summed E-state index contributed by atoms with van der Waals surface area (Å²) in [7, 11) is 0. The van der Waals surface area contributed by atoms with Crippen LogP contribution in [0, 0.1) is 17.7 Å². The first kappa shape index (κ1) is 14.5. The van der Waals surface area contributed by atoms with Gasteiger partial charge in [0.1, 0.15) is 5.82 Å². The van der Waals surface area contributed by atoms with E-state index < -0.39 is 5.82 Å². The highest BCUT2D eigenvalue weighted by Crippen LogP contribution is 2.21. The molecule has 0 aromatic heterocycles. The van der Waals surface area contributed by atoms with Crippen LogP contribution in [0.4, 0.5) is 4.39 Å². The summed E-state index contributed by atoms with van der Waals surface area (Å²) in [6.07, 6.45) is 1.61. The average molecular weight is 276 g/mol. The van der Waals surface area contributed by atoms with Gasteiger partial charge in [-0.25, -0.2) is 4.39 Å². The Morgan fingerprint density at radius 1 is 1.55 bits per heavy atom. The number of aliphatic hydroxyl groups is 1. The van der Waals surface area contributed by atoms with Gasteiger partial charge in [0.2, 0.25) is 0 Å². The van der Waals surface area contributed by atoms with Gasteiger partial charge in [-0.15, -0.1) is 0 Å². The topological polar surface area (TPSA) is 66.6 Å². The number of nitrogens with zero attached hydrogens (tertiary/aromatic N) is 1. The van der Waals surface area contributed by atoms with Gasteiger partial charge in [-0.3, -0.25) is 4.79 Å². The predicted octanol–water partition coefficient (Wildman–Crippen LogP) is 0.733. The molecule has 1 aromatic rings. The SMILES string of the molecule is NCC#Cc1ccc(F)cc1C(=O)N1CCCC1CO. The summed E-state index contributed by atoms with van der Waals surface area (Å²) >= 11 is 0. The first-order chi connectivity index (χ1) is 9.67. The van der Waals surface area contributed by atoms with Crippen LogP contribution in [-0.2, 0) is 0 Å². The van der Waals surface area contributed by atoms with E-state index in [4.69, 9.17) is 5.73 Å². The molecule has 1 fully saturated rings. The molecule has 1 atom stereocenters. The van der Waals surface area contributed by atoms with Crippen molar-refractivity contribution in [2.24, 2.45) is 5.73 Å². The zero-order valence-electron chi connectivity index (χ0n) is 11.1. The molecule has 0 aliphatic carbocycles. The molecule has 0 bridgehead atoms. The molecular weight excluding hydrogens is 259 g/mol. The van der Waals surface area contributed by atoms with E-state index in [0.717, 1.165) is 12.8 Å². The van der Waals surface area contributed by atoms with Crippen molar-refractivity contribution in [1.29, 1.82) is 0 Å². The van der Waals surface area contributed by atoms with Crippen molar-refractivity contribution in [2.75, 3.05) is 19.7 Å². The fraction of sp³-hybridized carbons (Fsp3) is 0.400. The summed E-state index contributed by atoms with van der Waals surface area (Å²) in [6.45, 7) is 0.670. The minimum atomic E-state index is -0.480. The van der Waals surface area contributed by atoms with Crippen molar-refractivity contribution in [1.82, 2.24) is 4.90 Å². The van der Waals surface area contributed by atoms with Crippen LogP contribution in [0.1, 0.15) is 28.8 Å². The third kappa shape index (κ3) is 2.98. The molecule has 1 aromatic carbocycles. The highest BCUT2D eigenvalue weighted by atomic mass is 19.1. The summed E-state index contributed by atoms with van der Waals surface area (Å²) in [4.78, 5) is 14.1. The van der Waals surface area contributed by atoms with E-state index in [2.05, 4.69) is 11.8 Å². The number of rotatable bonds is 2. The molecule has 1 aliphatic heterocycles. The lowest BCUT2D eigenvalue weighted by molar-refractivity contribution is 0.0677. The molecule has 3 N–H and O–H groups in total. The number of carbonyl (C=O) groups is 1. The Balaban J connectivity index is 2.35. The number of benzene rings is 1. The summed E-state index contributed by atoms with van der Waals surface area (Å²) in [5.41, 5.74) is 6.01. The minimum Gasteiger partial charge on any atom is -0.394 e. The molecule has 4 nitrogen and oxygen atoms in total. The maximum Gasteiger partial charge on any atom is 0.255 e. The summed E-state index contributed by atoms with van der Waals surface area (Å²) < 4.78 is 13.4. The van der Waals surface area contributed by atoms with Crippen LogP contribution in [0.3, 0.4) is 0 Å². The Morgan fingerprint density at radius 2 is 2.35 bits per heavy atom. The number of hydrogen-bond acceptors (Lipinski definition) is 3. The molecule has 1 unspecified atom stereocenters. The molecule has 1 amide bonds. The van der Waals surface area contributed by atoms with E-state index in [9.17, 15) is 14.3 Å². The zero-order chi connectivity index (χ0) is 14.5. The molecule has 2 rings (SSSR count). The zero-order valence-corrected chi connectivity index (χ0v) is 11.1. The first-order valence-corrected chi connectivity index (χ1v) is 6.57. The Kier molecular flexibility index (Phi) is 4.72. The highest BCUT2D eigenvalue weighted by Gasteiger charge is 2.29. The van der Waals surface area contributed by atoms with Gasteiger partial charge >= 0.3 is 0 Å². The number of aliphatic hydroxyl groups excluding tert-OH is 1. The maximum absolute atomic E-state index is 13.4. The summed E-state index contributed by atoms with van der Waals surface area (Å²) in [5, 5.41) is 9.29. The fourth-order valence-corrected chi connectivity index (χ4v) is 2.40. The minimum absolute atomic E-state index is 0.0785. The number of halogens is 1. The molecular formula is C15H17FN2O2. The molecule has 5 heteroatoms. The van der Waals surface area contributed by atoms with Gasteiger partial charge < -0.3 is 15.7 Å². The van der Waals surface area contributed by atoms with Gasteiger partial charge in [-0.1, -0.05) is 11.8 Å². The van der Waals surface area contributed by atoms with Gasteiger partial charge in [0.15, 0.2) is 0 Å². The second-order valence-electron chi connectivity index (χ2n) is 4.67. The van der Waals surface area contributed by atoms with Gasteiger partial charge in [-0.05, 0) is 31.0 Å². The maximum atomic E-state index is 13.4. The van der Waals surface area contributed by atoms with Gasteiger partial charge in [0.25, 0.3) is 5.91 Å². The van der Waals surface area contributed by atoms with Crippen molar-refractivity contribution in [3.05, 3.63) is 35.1 Å². The molecule has 1 heterocycles. The van der Waals surface area contributed by atoms with Crippen molar-refractivity contribution < 1.29 is 14.3 Å². The van der Waals surface area contributed by atoms with E-state index in [1.807, 2.05) is 0 Å². The van der Waals surface area contributed by atoms with Crippen molar-refractivity contribution >= 4 is 5.91 Å². The Hall–Kier alpha value is -1.90. The molecule has 0 radical (unpaired) electrons. The number of likely N-dealkylation sites (tertiary alicyclic amines) is 1. The van der Waals surface area contributed by atoms with Gasteiger partial charge in [0, 0.05) is 12.1 Å². The largest absolute Gasteiger partial charge is 0.394 e. The smallest absolute Gasteiger partial charge is 0.255 e. The summed E-state index contributed by atoms with van der Waals surface area (Å²) in [5.74, 6) is 4.69. The normalized spacial score (nSPS) is 17.8. The molecule has 1 saturated heterocycles. The van der Waals surface area contributed by atoms with Crippen molar-refractivity contribution in [3.8, 4) is 11.8 Å². The number of nitrogens with two attached hydrogens (primary N) is 1. The van der Waals surface area contributed by atoms with Crippen molar-refractivity contribution in [2.45, 2.75) is 18.9 Å². The Morgan fingerprint density at radius 3 is 3.05 bits per heavy atom. The lowest BCUT2D eigenvalue weighted by Gasteiger charge is -2.23. The fourth-order valence-electron chi connectivity index (χ4n) is 2.40.